The first-order valence-electron chi connectivity index (χ1n) is 9.04. The topological polar surface area (TPSA) is 55.8 Å². The van der Waals surface area contributed by atoms with Gasteiger partial charge in [0.05, 0.1) is 24.4 Å². The summed E-state index contributed by atoms with van der Waals surface area (Å²) in [4.78, 5) is 27.2. The molecule has 0 N–H and O–H groups in total. The molecule has 0 aliphatic carbocycles. The number of hydrogen-bond donors (Lipinski definition) is 0. The molecule has 0 saturated heterocycles. The Morgan fingerprint density at radius 3 is 2.50 bits per heavy atom. The van der Waals surface area contributed by atoms with Crippen LogP contribution in [0.2, 0.25) is 0 Å². The third-order valence-corrected chi connectivity index (χ3v) is 4.06. The number of carbonyl (C=O) groups excluding carboxylic acids is 2. The van der Waals surface area contributed by atoms with Gasteiger partial charge in [-0.2, -0.15) is 0 Å². The zero-order valence-corrected chi connectivity index (χ0v) is 16.2. The van der Waals surface area contributed by atoms with Crippen LogP contribution in [-0.2, 0) is 14.3 Å². The fourth-order valence-corrected chi connectivity index (χ4v) is 2.96. The van der Waals surface area contributed by atoms with E-state index < -0.39 is 5.97 Å². The maximum atomic E-state index is 13.0. The number of para-hydroxylation sites is 1. The molecule has 1 aliphatic heterocycles. The van der Waals surface area contributed by atoms with Gasteiger partial charge in [-0.25, -0.2) is 4.79 Å². The van der Waals surface area contributed by atoms with E-state index in [9.17, 15) is 9.59 Å². The Kier molecular flexibility index (Phi) is 6.61. The highest BCUT2D eigenvalue weighted by molar-refractivity contribution is 6.16. The van der Waals surface area contributed by atoms with Crippen LogP contribution in [0, 0.1) is 5.92 Å². The average Bonchev–Trinajstić information content (AvgIpc) is 2.81. The van der Waals surface area contributed by atoms with Crippen LogP contribution in [0.25, 0.3) is 6.08 Å². The highest BCUT2D eigenvalue weighted by Crippen LogP contribution is 2.33. The minimum absolute atomic E-state index is 0.175. The number of nitrogens with zero attached hydrogens (tertiary/aromatic N) is 1. The molecule has 0 spiro atoms. The predicted molar refractivity (Wildman–Crippen MR) is 101 cm³/mol. The van der Waals surface area contributed by atoms with Crippen molar-refractivity contribution in [3.05, 3.63) is 46.7 Å². The smallest absolute Gasteiger partial charge is 0.340 e. The van der Waals surface area contributed by atoms with Crippen LogP contribution in [0.15, 0.2) is 41.1 Å². The normalized spacial score (nSPS) is 16.0. The molecule has 1 aromatic carbocycles. The lowest BCUT2D eigenvalue weighted by Crippen LogP contribution is -2.28. The van der Waals surface area contributed by atoms with E-state index in [1.54, 1.807) is 24.8 Å². The van der Waals surface area contributed by atoms with Crippen LogP contribution in [0.5, 0.6) is 5.75 Å². The largest absolute Gasteiger partial charge is 0.493 e. The average molecular weight is 357 g/mol. The van der Waals surface area contributed by atoms with Crippen LogP contribution in [-0.4, -0.2) is 36.5 Å². The second-order valence-corrected chi connectivity index (χ2v) is 6.52. The van der Waals surface area contributed by atoms with Gasteiger partial charge in [-0.3, -0.25) is 4.79 Å². The van der Waals surface area contributed by atoms with Crippen molar-refractivity contribution < 1.29 is 19.1 Å². The molecule has 140 valence electrons. The van der Waals surface area contributed by atoms with E-state index in [2.05, 4.69) is 0 Å². The van der Waals surface area contributed by atoms with Gasteiger partial charge in [0.25, 0.3) is 5.91 Å². The lowest BCUT2D eigenvalue weighted by molar-refractivity contribution is -0.138. The number of hydrogen-bond acceptors (Lipinski definition) is 4. The van der Waals surface area contributed by atoms with Crippen LogP contribution in [0.4, 0.5) is 0 Å². The third kappa shape index (κ3) is 4.15. The zero-order valence-electron chi connectivity index (χ0n) is 16.2. The molecule has 1 aliphatic rings. The number of benzene rings is 1. The monoisotopic (exact) mass is 357 g/mol. The van der Waals surface area contributed by atoms with Crippen molar-refractivity contribution in [2.45, 2.75) is 34.6 Å². The second kappa shape index (κ2) is 8.70. The van der Waals surface area contributed by atoms with E-state index in [1.165, 1.54) is 0 Å². The highest BCUT2D eigenvalue weighted by atomic mass is 16.5. The molecule has 1 heterocycles. The van der Waals surface area contributed by atoms with Gasteiger partial charge < -0.3 is 14.4 Å². The highest BCUT2D eigenvalue weighted by Gasteiger charge is 2.37. The molecule has 1 aromatic rings. The van der Waals surface area contributed by atoms with Gasteiger partial charge >= 0.3 is 5.97 Å². The maximum Gasteiger partial charge on any atom is 0.340 e. The molecule has 0 bridgehead atoms. The first-order chi connectivity index (χ1) is 12.4. The molecule has 2 rings (SSSR count). The minimum Gasteiger partial charge on any atom is -0.493 e. The summed E-state index contributed by atoms with van der Waals surface area (Å²) >= 11 is 0. The van der Waals surface area contributed by atoms with Gasteiger partial charge in [0.1, 0.15) is 5.75 Å². The number of amides is 1. The summed E-state index contributed by atoms with van der Waals surface area (Å²) in [7, 11) is 0. The first-order valence-corrected chi connectivity index (χ1v) is 9.04. The molecule has 0 aromatic heterocycles. The lowest BCUT2D eigenvalue weighted by Gasteiger charge is -2.20. The Bertz CT molecular complexity index is 746. The Hall–Kier alpha value is -2.56. The molecular formula is C21H27NO4. The predicted octanol–water partition coefficient (Wildman–Crippen LogP) is 3.80. The molecule has 1 amide bonds. The summed E-state index contributed by atoms with van der Waals surface area (Å²) in [6.45, 7) is 10.9. The summed E-state index contributed by atoms with van der Waals surface area (Å²) in [5.41, 5.74) is 2.10. The molecule has 0 atom stereocenters. The summed E-state index contributed by atoms with van der Waals surface area (Å²) < 4.78 is 10.8. The standard InChI is InChI=1S/C21H27NO4/c1-6-25-18-11-9-8-10-16(18)12-17-19(21(24)26-7-2)15(5)22(20(17)23)13-14(3)4/h8-12,14H,6-7,13H2,1-5H3/b17-12-. The Morgan fingerprint density at radius 2 is 1.88 bits per heavy atom. The molecule has 0 fully saturated rings. The van der Waals surface area contributed by atoms with Crippen molar-refractivity contribution in [1.82, 2.24) is 4.90 Å². The van der Waals surface area contributed by atoms with Gasteiger partial charge in [0.2, 0.25) is 0 Å². The van der Waals surface area contributed by atoms with Crippen LogP contribution >= 0.6 is 0 Å². The van der Waals surface area contributed by atoms with Crippen molar-refractivity contribution >= 4 is 18.0 Å². The summed E-state index contributed by atoms with van der Waals surface area (Å²) in [5, 5.41) is 0. The van der Waals surface area contributed by atoms with Crippen molar-refractivity contribution in [2.24, 2.45) is 5.92 Å². The van der Waals surface area contributed by atoms with E-state index in [0.717, 1.165) is 5.56 Å². The van der Waals surface area contributed by atoms with Gasteiger partial charge in [0, 0.05) is 17.8 Å². The Labute approximate surface area is 155 Å². The molecule has 0 unspecified atom stereocenters. The number of carbonyl (C=O) groups is 2. The number of allylic oxidation sites excluding steroid dienone is 1. The summed E-state index contributed by atoms with van der Waals surface area (Å²) in [6, 6.07) is 7.47. The molecule has 5 nitrogen and oxygen atoms in total. The van der Waals surface area contributed by atoms with Crippen LogP contribution in [0.3, 0.4) is 0 Å². The van der Waals surface area contributed by atoms with Crippen LogP contribution < -0.4 is 4.74 Å². The first kappa shape index (κ1) is 19.8. The van der Waals surface area contributed by atoms with Gasteiger partial charge in [0.15, 0.2) is 0 Å². The minimum atomic E-state index is -0.468. The third-order valence-electron chi connectivity index (χ3n) is 4.06. The van der Waals surface area contributed by atoms with Crippen molar-refractivity contribution in [1.29, 1.82) is 0 Å². The van der Waals surface area contributed by atoms with Crippen molar-refractivity contribution in [3.63, 3.8) is 0 Å². The molecule has 5 heteroatoms. The fourth-order valence-electron chi connectivity index (χ4n) is 2.96. The summed E-state index contributed by atoms with van der Waals surface area (Å²) in [5.74, 6) is 0.321. The van der Waals surface area contributed by atoms with Crippen LogP contribution in [0.1, 0.15) is 40.2 Å². The fraction of sp³-hybridized carbons (Fsp3) is 0.429. The lowest BCUT2D eigenvalue weighted by atomic mass is 10.0. The number of ether oxygens (including phenoxy) is 2. The van der Waals surface area contributed by atoms with E-state index in [4.69, 9.17) is 9.47 Å². The van der Waals surface area contributed by atoms with Gasteiger partial charge in [-0.1, -0.05) is 32.0 Å². The molecular weight excluding hydrogens is 330 g/mol. The number of esters is 1. The van der Waals surface area contributed by atoms with Crippen molar-refractivity contribution in [2.75, 3.05) is 19.8 Å². The van der Waals surface area contributed by atoms with E-state index in [0.29, 0.717) is 35.7 Å². The maximum absolute atomic E-state index is 13.0. The van der Waals surface area contributed by atoms with E-state index in [1.807, 2.05) is 45.0 Å². The van der Waals surface area contributed by atoms with E-state index >= 15 is 0 Å². The second-order valence-electron chi connectivity index (χ2n) is 6.52. The molecule has 0 radical (unpaired) electrons. The van der Waals surface area contributed by atoms with Gasteiger partial charge in [-0.05, 0) is 38.8 Å². The SMILES string of the molecule is CCOC(=O)C1=C(C)N(CC(C)C)C(=O)/C1=C\c1ccccc1OCC. The Balaban J connectivity index is 2.54. The summed E-state index contributed by atoms with van der Waals surface area (Å²) in [6.07, 6.45) is 1.73. The quantitative estimate of drug-likeness (QED) is 0.550. The van der Waals surface area contributed by atoms with E-state index in [-0.39, 0.29) is 18.4 Å². The van der Waals surface area contributed by atoms with Crippen molar-refractivity contribution in [3.8, 4) is 5.75 Å². The number of rotatable bonds is 7. The Morgan fingerprint density at radius 1 is 1.19 bits per heavy atom. The zero-order chi connectivity index (χ0) is 19.3. The molecule has 0 saturated carbocycles. The molecule has 26 heavy (non-hydrogen) atoms. The van der Waals surface area contributed by atoms with Gasteiger partial charge in [-0.15, -0.1) is 0 Å².